The first-order valence-electron chi connectivity index (χ1n) is 9.42. The molecule has 1 fully saturated rings. The minimum atomic E-state index is -1.58. The Morgan fingerprint density at radius 1 is 1.00 bits per heavy atom. The third-order valence-electron chi connectivity index (χ3n) is 4.25. The Morgan fingerprint density at radius 3 is 2.00 bits per heavy atom. The highest BCUT2D eigenvalue weighted by Crippen LogP contribution is 2.17. The van der Waals surface area contributed by atoms with Gasteiger partial charge in [-0.05, 0) is 19.3 Å². The number of alkyl halides is 2. The van der Waals surface area contributed by atoms with Crippen molar-refractivity contribution in [2.24, 2.45) is 11.5 Å². The molecule has 7 N–H and O–H groups in total. The van der Waals surface area contributed by atoms with Crippen LogP contribution in [0, 0.1) is 0 Å². The minimum Gasteiger partial charge on any atom is -0.392 e. The number of ether oxygens (including phenoxy) is 2. The molecule has 5 atom stereocenters. The fourth-order valence-electron chi connectivity index (χ4n) is 2.75. The zero-order valence-corrected chi connectivity index (χ0v) is 19.5. The molecule has 0 aromatic rings. The van der Waals surface area contributed by atoms with Crippen LogP contribution in [-0.2, 0) is 28.7 Å². The van der Waals surface area contributed by atoms with Gasteiger partial charge < -0.3 is 36.7 Å². The van der Waals surface area contributed by atoms with Crippen LogP contribution in [0.15, 0.2) is 0 Å². The maximum absolute atomic E-state index is 12.4. The van der Waals surface area contributed by atoms with E-state index in [2.05, 4.69) is 42.5 Å². The summed E-state index contributed by atoms with van der Waals surface area (Å²) in [7, 11) is 0. The third-order valence-corrected chi connectivity index (χ3v) is 5.72. The lowest BCUT2D eigenvalue weighted by molar-refractivity contribution is -0.185. The van der Waals surface area contributed by atoms with E-state index in [9.17, 15) is 24.3 Å². The molecule has 0 radical (unpaired) electrons. The first-order valence-corrected chi connectivity index (χ1v) is 11.7. The van der Waals surface area contributed by atoms with Gasteiger partial charge >= 0.3 is 0 Å². The van der Waals surface area contributed by atoms with Gasteiger partial charge in [-0.2, -0.15) is 0 Å². The van der Waals surface area contributed by atoms with Gasteiger partial charge in [0.15, 0.2) is 6.29 Å². The molecule has 30 heavy (non-hydrogen) atoms. The summed E-state index contributed by atoms with van der Waals surface area (Å²) in [6, 6.07) is -3.14. The number of nitrogens with two attached hydrogens (primary N) is 2. The number of carbonyl (C=O) groups excluding carboxylic acids is 4. The summed E-state index contributed by atoms with van der Waals surface area (Å²) in [5.41, 5.74) is 10.6. The van der Waals surface area contributed by atoms with Crippen LogP contribution in [0.2, 0.25) is 0 Å². The number of rotatable bonds is 13. The van der Waals surface area contributed by atoms with Crippen molar-refractivity contribution in [1.82, 2.24) is 10.6 Å². The molecule has 0 aliphatic carbocycles. The lowest BCUT2D eigenvalue weighted by atomic mass is 10.1. The fourth-order valence-corrected chi connectivity index (χ4v) is 3.36. The van der Waals surface area contributed by atoms with Gasteiger partial charge in [0.1, 0.15) is 12.1 Å². The van der Waals surface area contributed by atoms with Crippen LogP contribution in [0.25, 0.3) is 0 Å². The van der Waals surface area contributed by atoms with Crippen LogP contribution < -0.4 is 22.1 Å². The molecule has 4 amide bonds. The number of hydrogen-bond donors (Lipinski definition) is 5. The zero-order valence-electron chi connectivity index (χ0n) is 16.4. The largest absolute Gasteiger partial charge is 0.392 e. The van der Waals surface area contributed by atoms with Crippen molar-refractivity contribution in [1.29, 1.82) is 0 Å². The maximum Gasteiger partial charge on any atom is 0.242 e. The molecular weight excluding hydrogens is 532 g/mol. The predicted molar refractivity (Wildman–Crippen MR) is 114 cm³/mol. The van der Waals surface area contributed by atoms with E-state index < -0.39 is 54.2 Å². The van der Waals surface area contributed by atoms with E-state index in [1.54, 1.807) is 0 Å². The highest BCUT2D eigenvalue weighted by Gasteiger charge is 2.34. The number of aliphatic hydroxyl groups is 1. The zero-order chi connectivity index (χ0) is 22.7. The topological polar surface area (TPSA) is 183 Å². The number of hydrogen-bond acceptors (Lipinski definition) is 7. The van der Waals surface area contributed by atoms with E-state index >= 15 is 0 Å². The predicted octanol–water partition coefficient (Wildman–Crippen LogP) is -1.23. The number of amides is 4. The molecule has 0 bridgehead atoms. The van der Waals surface area contributed by atoms with Crippen molar-refractivity contribution in [2.45, 2.75) is 62.7 Å². The lowest BCUT2D eigenvalue weighted by Crippen LogP contribution is -2.62. The van der Waals surface area contributed by atoms with Crippen molar-refractivity contribution >= 4 is 55.5 Å². The van der Waals surface area contributed by atoms with Gasteiger partial charge in [0, 0.05) is 17.3 Å². The number of halogens is 2. The monoisotopic (exact) mass is 558 g/mol. The van der Waals surface area contributed by atoms with Gasteiger partial charge in [-0.15, -0.1) is 0 Å². The molecule has 1 aliphatic rings. The SMILES string of the molecule is NC(=O)C(NC(=O)CC(O)CBr)C(NC(=O)CC(CBr)OC1CCCCO1)C(N)=O. The number of nitrogens with one attached hydrogen (secondary N) is 2. The normalized spacial score (nSPS) is 20.4. The molecule has 0 aromatic heterocycles. The van der Waals surface area contributed by atoms with Crippen molar-refractivity contribution in [3.05, 3.63) is 0 Å². The molecule has 0 aromatic carbocycles. The average Bonchev–Trinajstić information content (AvgIpc) is 2.70. The summed E-state index contributed by atoms with van der Waals surface area (Å²) in [5, 5.41) is 14.6. The minimum absolute atomic E-state index is 0.135. The second-order valence-electron chi connectivity index (χ2n) is 6.82. The van der Waals surface area contributed by atoms with Gasteiger partial charge in [0.05, 0.1) is 25.0 Å². The van der Waals surface area contributed by atoms with E-state index in [4.69, 9.17) is 20.9 Å². The van der Waals surface area contributed by atoms with Crippen molar-refractivity contribution in [3.8, 4) is 0 Å². The first-order chi connectivity index (χ1) is 14.2. The Morgan fingerprint density at radius 2 is 1.57 bits per heavy atom. The molecule has 1 aliphatic heterocycles. The molecule has 1 heterocycles. The Balaban J connectivity index is 2.73. The van der Waals surface area contributed by atoms with E-state index in [0.29, 0.717) is 18.4 Å². The number of primary amides is 2. The van der Waals surface area contributed by atoms with Crippen LogP contribution in [0.4, 0.5) is 0 Å². The molecule has 11 nitrogen and oxygen atoms in total. The smallest absolute Gasteiger partial charge is 0.242 e. The van der Waals surface area contributed by atoms with E-state index in [0.717, 1.165) is 12.8 Å². The Bertz CT molecular complexity index is 605. The van der Waals surface area contributed by atoms with E-state index in [-0.39, 0.29) is 18.2 Å². The maximum atomic E-state index is 12.4. The summed E-state index contributed by atoms with van der Waals surface area (Å²) in [6.45, 7) is 0.583. The van der Waals surface area contributed by atoms with Crippen LogP contribution >= 0.6 is 31.9 Å². The first kappa shape index (κ1) is 26.8. The van der Waals surface area contributed by atoms with Crippen LogP contribution in [-0.4, -0.2) is 76.6 Å². The van der Waals surface area contributed by atoms with Gasteiger partial charge in [0.2, 0.25) is 23.6 Å². The van der Waals surface area contributed by atoms with Crippen molar-refractivity contribution in [3.63, 3.8) is 0 Å². The summed E-state index contributed by atoms with van der Waals surface area (Å²) in [6.07, 6.45) is 0.180. The average molecular weight is 560 g/mol. The van der Waals surface area contributed by atoms with Crippen LogP contribution in [0.5, 0.6) is 0 Å². The summed E-state index contributed by atoms with van der Waals surface area (Å²) in [5.74, 6) is -3.48. The second-order valence-corrected chi connectivity index (χ2v) is 8.11. The standard InChI is InChI=1S/C17H28Br2N4O7/c18-7-9(24)5-11(25)22-14(16(20)27)15(17(21)28)23-12(26)6-10(8-19)30-13-3-1-2-4-29-13/h9-10,13-15,24H,1-8H2,(H2,20,27)(H2,21,28)(H,22,25)(H,23,26). The third kappa shape index (κ3) is 9.69. The Kier molecular flexibility index (Phi) is 12.4. The second kappa shape index (κ2) is 13.9. The van der Waals surface area contributed by atoms with Gasteiger partial charge in [-0.3, -0.25) is 19.2 Å². The molecule has 0 spiro atoms. The summed E-state index contributed by atoms with van der Waals surface area (Å²) < 4.78 is 11.2. The van der Waals surface area contributed by atoms with Crippen LogP contribution in [0.1, 0.15) is 32.1 Å². The van der Waals surface area contributed by atoms with Gasteiger partial charge in [-0.25, -0.2) is 0 Å². The summed E-state index contributed by atoms with van der Waals surface area (Å²) >= 11 is 6.28. The Hall–Kier alpha value is -1.28. The van der Waals surface area contributed by atoms with Crippen molar-refractivity contribution in [2.75, 3.05) is 17.3 Å². The van der Waals surface area contributed by atoms with Gasteiger partial charge in [0.25, 0.3) is 0 Å². The summed E-state index contributed by atoms with van der Waals surface area (Å²) in [4.78, 5) is 48.0. The van der Waals surface area contributed by atoms with Gasteiger partial charge in [-0.1, -0.05) is 31.9 Å². The molecule has 1 rings (SSSR count). The molecule has 172 valence electrons. The quantitative estimate of drug-likeness (QED) is 0.175. The highest BCUT2D eigenvalue weighted by molar-refractivity contribution is 9.09. The van der Waals surface area contributed by atoms with E-state index in [1.165, 1.54) is 0 Å². The number of aliphatic hydroxyl groups excluding tert-OH is 1. The van der Waals surface area contributed by atoms with E-state index in [1.807, 2.05) is 0 Å². The van der Waals surface area contributed by atoms with Crippen LogP contribution in [0.3, 0.4) is 0 Å². The Labute approximate surface area is 191 Å². The molecule has 1 saturated heterocycles. The van der Waals surface area contributed by atoms with Crippen molar-refractivity contribution < 1.29 is 33.8 Å². The molecule has 5 unspecified atom stereocenters. The molecular formula is C17H28Br2N4O7. The molecule has 0 saturated carbocycles. The lowest BCUT2D eigenvalue weighted by Gasteiger charge is -2.28. The molecule has 13 heteroatoms. The highest BCUT2D eigenvalue weighted by atomic mass is 79.9. The fraction of sp³-hybridized carbons (Fsp3) is 0.765. The number of carbonyl (C=O) groups is 4.